The quantitative estimate of drug-likeness (QED) is 0.179. The normalized spacial score (nSPS) is 10.9. The summed E-state index contributed by atoms with van der Waals surface area (Å²) >= 11 is 0. The Kier molecular flexibility index (Phi) is 12.7. The molecular weight excluding hydrogens is 472 g/mol. The van der Waals surface area contributed by atoms with Gasteiger partial charge in [0.1, 0.15) is 18.1 Å². The number of aryl methyl sites for hydroxylation is 1. The first kappa shape index (κ1) is 29.2. The first-order valence-electron chi connectivity index (χ1n) is 14.1. The second-order valence-electron chi connectivity index (χ2n) is 9.54. The third kappa shape index (κ3) is 9.86. The zero-order valence-corrected chi connectivity index (χ0v) is 23.4. The second-order valence-corrected chi connectivity index (χ2v) is 9.54. The Hall–Kier alpha value is -3.31. The number of rotatable bonds is 17. The molecule has 0 unspecified atom stereocenters. The summed E-state index contributed by atoms with van der Waals surface area (Å²) < 4.78 is 11.9. The molecule has 0 spiro atoms. The van der Waals surface area contributed by atoms with Crippen molar-refractivity contribution in [3.05, 3.63) is 90.0 Å². The summed E-state index contributed by atoms with van der Waals surface area (Å²) in [6.45, 7) is 11.6. The molecule has 0 bridgehead atoms. The number of anilines is 1. The summed E-state index contributed by atoms with van der Waals surface area (Å²) in [5.74, 6) is 1.80. The Morgan fingerprint density at radius 3 is 2.21 bits per heavy atom. The molecule has 38 heavy (non-hydrogen) atoms. The van der Waals surface area contributed by atoms with E-state index in [2.05, 4.69) is 49.9 Å². The molecule has 0 heterocycles. The number of hydrogen-bond acceptors (Lipinski definition) is 4. The van der Waals surface area contributed by atoms with Gasteiger partial charge in [-0.2, -0.15) is 0 Å². The molecule has 0 N–H and O–H groups in total. The van der Waals surface area contributed by atoms with Crippen molar-refractivity contribution >= 4 is 11.6 Å². The maximum Gasteiger partial charge on any atom is 0.227 e. The van der Waals surface area contributed by atoms with Gasteiger partial charge in [0, 0.05) is 31.3 Å². The van der Waals surface area contributed by atoms with Crippen LogP contribution in [0.1, 0.15) is 57.6 Å². The minimum Gasteiger partial charge on any atom is -0.493 e. The van der Waals surface area contributed by atoms with Crippen LogP contribution in [0, 0.1) is 0 Å². The highest BCUT2D eigenvalue weighted by Gasteiger charge is 2.16. The summed E-state index contributed by atoms with van der Waals surface area (Å²) in [7, 11) is 0. The van der Waals surface area contributed by atoms with Gasteiger partial charge in [0.25, 0.3) is 0 Å². The summed E-state index contributed by atoms with van der Waals surface area (Å²) in [6, 6.07) is 26.2. The molecule has 3 aromatic carbocycles. The molecule has 0 aliphatic rings. The van der Waals surface area contributed by atoms with Crippen LogP contribution >= 0.6 is 0 Å². The van der Waals surface area contributed by atoms with Crippen LogP contribution in [0.25, 0.3) is 0 Å². The molecule has 0 saturated carbocycles. The number of amides is 1. The van der Waals surface area contributed by atoms with Gasteiger partial charge in [-0.25, -0.2) is 0 Å². The first-order valence-corrected chi connectivity index (χ1v) is 14.1. The van der Waals surface area contributed by atoms with Crippen LogP contribution in [0.15, 0.2) is 78.9 Å². The Labute approximate surface area is 229 Å². The van der Waals surface area contributed by atoms with Gasteiger partial charge in [0.05, 0.1) is 6.61 Å². The summed E-state index contributed by atoms with van der Waals surface area (Å²) in [4.78, 5) is 17.6. The van der Waals surface area contributed by atoms with Crippen LogP contribution < -0.4 is 14.4 Å². The number of carbonyl (C=O) groups excluding carboxylic acids is 1. The lowest BCUT2D eigenvalue weighted by molar-refractivity contribution is -0.118. The van der Waals surface area contributed by atoms with Crippen LogP contribution in [-0.4, -0.2) is 43.6 Å². The largest absolute Gasteiger partial charge is 0.493 e. The number of benzene rings is 3. The molecule has 204 valence electrons. The van der Waals surface area contributed by atoms with Crippen LogP contribution in [-0.2, 0) is 17.8 Å². The van der Waals surface area contributed by atoms with E-state index >= 15 is 0 Å². The molecule has 0 aromatic heterocycles. The molecule has 3 rings (SSSR count). The number of hydrogen-bond donors (Lipinski definition) is 0. The van der Waals surface area contributed by atoms with E-state index in [1.165, 1.54) is 0 Å². The van der Waals surface area contributed by atoms with Gasteiger partial charge in [0.15, 0.2) is 0 Å². The fraction of sp³-hybridized carbons (Fsp3) is 0.424. The third-order valence-electron chi connectivity index (χ3n) is 6.75. The Bertz CT molecular complexity index is 1070. The average molecular weight is 517 g/mol. The number of carbonyl (C=O) groups is 1. The zero-order chi connectivity index (χ0) is 27.0. The van der Waals surface area contributed by atoms with Crippen LogP contribution in [0.4, 0.5) is 5.69 Å². The van der Waals surface area contributed by atoms with E-state index in [9.17, 15) is 4.79 Å². The highest BCUT2D eigenvalue weighted by Crippen LogP contribution is 2.23. The maximum absolute atomic E-state index is 13.3. The fourth-order valence-electron chi connectivity index (χ4n) is 4.35. The Morgan fingerprint density at radius 1 is 0.737 bits per heavy atom. The third-order valence-corrected chi connectivity index (χ3v) is 6.75. The molecule has 5 heteroatoms. The minimum absolute atomic E-state index is 0.140. The van der Waals surface area contributed by atoms with Crippen LogP contribution in [0.2, 0.25) is 0 Å². The van der Waals surface area contributed by atoms with E-state index < -0.39 is 0 Å². The molecule has 0 radical (unpaired) electrons. The molecule has 0 aliphatic heterocycles. The van der Waals surface area contributed by atoms with E-state index in [1.54, 1.807) is 0 Å². The lowest BCUT2D eigenvalue weighted by Crippen LogP contribution is -2.32. The topological polar surface area (TPSA) is 42.0 Å². The molecular formula is C33H44N2O3. The average Bonchev–Trinajstić information content (AvgIpc) is 2.96. The van der Waals surface area contributed by atoms with Gasteiger partial charge in [-0.1, -0.05) is 75.7 Å². The van der Waals surface area contributed by atoms with E-state index in [-0.39, 0.29) is 5.91 Å². The van der Waals surface area contributed by atoms with E-state index in [4.69, 9.17) is 9.47 Å². The van der Waals surface area contributed by atoms with Gasteiger partial charge >= 0.3 is 0 Å². The summed E-state index contributed by atoms with van der Waals surface area (Å²) in [6.07, 6.45) is 4.15. The van der Waals surface area contributed by atoms with Crippen molar-refractivity contribution in [1.82, 2.24) is 4.90 Å². The molecule has 3 aromatic rings. The molecule has 1 amide bonds. The Balaban J connectivity index is 1.53. The van der Waals surface area contributed by atoms with Crippen LogP contribution in [0.3, 0.4) is 0 Å². The maximum atomic E-state index is 13.3. The standard InChI is InChI=1S/C33H44N2O3/c1-4-7-24-35(30-15-11-16-32(26-30)37-25-12-23-34(5-2)6-3)33(36)22-19-28-17-20-31(21-18-28)38-27-29-13-9-8-10-14-29/h8-11,13-18,20-21,26H,4-7,12,19,22-25,27H2,1-3H3. The second kappa shape index (κ2) is 16.5. The van der Waals surface area contributed by atoms with Crippen molar-refractivity contribution in [2.24, 2.45) is 0 Å². The smallest absolute Gasteiger partial charge is 0.227 e. The summed E-state index contributed by atoms with van der Waals surface area (Å²) in [5, 5.41) is 0. The van der Waals surface area contributed by atoms with Gasteiger partial charge < -0.3 is 19.3 Å². The highest BCUT2D eigenvalue weighted by atomic mass is 16.5. The van der Waals surface area contributed by atoms with Crippen molar-refractivity contribution in [2.45, 2.75) is 59.5 Å². The van der Waals surface area contributed by atoms with Crippen molar-refractivity contribution in [2.75, 3.05) is 37.7 Å². The predicted octanol–water partition coefficient (Wildman–Crippen LogP) is 7.14. The van der Waals surface area contributed by atoms with E-state index in [0.717, 1.165) is 67.2 Å². The van der Waals surface area contributed by atoms with Gasteiger partial charge in [-0.3, -0.25) is 4.79 Å². The Morgan fingerprint density at radius 2 is 1.50 bits per heavy atom. The van der Waals surface area contributed by atoms with Gasteiger partial charge in [-0.05, 0) is 67.7 Å². The molecule has 0 fully saturated rings. The zero-order valence-electron chi connectivity index (χ0n) is 23.4. The lowest BCUT2D eigenvalue weighted by atomic mass is 10.1. The summed E-state index contributed by atoms with van der Waals surface area (Å²) in [5.41, 5.74) is 3.18. The van der Waals surface area contributed by atoms with Crippen molar-refractivity contribution in [1.29, 1.82) is 0 Å². The van der Waals surface area contributed by atoms with Gasteiger partial charge in [-0.15, -0.1) is 0 Å². The number of ether oxygens (including phenoxy) is 2. The molecule has 0 aliphatic carbocycles. The molecule has 5 nitrogen and oxygen atoms in total. The minimum atomic E-state index is 0.140. The highest BCUT2D eigenvalue weighted by molar-refractivity contribution is 5.93. The van der Waals surface area contributed by atoms with Crippen LogP contribution in [0.5, 0.6) is 11.5 Å². The van der Waals surface area contributed by atoms with Crippen molar-refractivity contribution in [3.8, 4) is 11.5 Å². The monoisotopic (exact) mass is 516 g/mol. The van der Waals surface area contributed by atoms with Crippen molar-refractivity contribution in [3.63, 3.8) is 0 Å². The predicted molar refractivity (Wildman–Crippen MR) is 157 cm³/mol. The van der Waals surface area contributed by atoms with E-state index in [0.29, 0.717) is 32.6 Å². The number of nitrogens with zero attached hydrogens (tertiary/aromatic N) is 2. The van der Waals surface area contributed by atoms with Crippen molar-refractivity contribution < 1.29 is 14.3 Å². The lowest BCUT2D eigenvalue weighted by Gasteiger charge is -2.23. The fourth-order valence-corrected chi connectivity index (χ4v) is 4.35. The molecule has 0 saturated heterocycles. The SMILES string of the molecule is CCCCN(C(=O)CCc1ccc(OCc2ccccc2)cc1)c1cccc(OCCCN(CC)CC)c1. The van der Waals surface area contributed by atoms with E-state index in [1.807, 2.05) is 59.5 Å². The van der Waals surface area contributed by atoms with Gasteiger partial charge in [0.2, 0.25) is 5.91 Å². The molecule has 0 atom stereocenters. The first-order chi connectivity index (χ1) is 18.6. The number of unbranched alkanes of at least 4 members (excludes halogenated alkanes) is 1.